The van der Waals surface area contributed by atoms with E-state index in [0.29, 0.717) is 6.04 Å². The molecular formula is C17H23BrN2O2. The number of nitrogens with zero attached hydrogens (tertiary/aromatic N) is 1. The number of halogens is 1. The van der Waals surface area contributed by atoms with Gasteiger partial charge in [-0.15, -0.1) is 0 Å². The fraction of sp³-hybridized carbons (Fsp3) is 0.588. The Bertz CT molecular complexity index is 494. The normalized spacial score (nSPS) is 19.2. The van der Waals surface area contributed by atoms with Crippen LogP contribution in [0.4, 0.5) is 0 Å². The number of nitrogens with one attached hydrogen (secondary N) is 1. The molecule has 1 saturated carbocycles. The van der Waals surface area contributed by atoms with Gasteiger partial charge in [-0.1, -0.05) is 15.9 Å². The lowest BCUT2D eigenvalue weighted by molar-refractivity contribution is -0.134. The zero-order valence-electron chi connectivity index (χ0n) is 12.8. The SMILES string of the molecule is O=C(COc1ccc(Br)cc1)N1CCC(NCC2CC2)CC1. The molecule has 22 heavy (non-hydrogen) atoms. The Balaban J connectivity index is 1.36. The molecule has 1 aliphatic carbocycles. The van der Waals surface area contributed by atoms with Crippen molar-refractivity contribution in [1.29, 1.82) is 0 Å². The second kappa shape index (κ2) is 7.47. The molecule has 1 heterocycles. The zero-order valence-corrected chi connectivity index (χ0v) is 14.3. The van der Waals surface area contributed by atoms with Gasteiger partial charge in [0, 0.05) is 23.6 Å². The third-order valence-corrected chi connectivity index (χ3v) is 4.94. The van der Waals surface area contributed by atoms with E-state index in [1.165, 1.54) is 12.8 Å². The van der Waals surface area contributed by atoms with Crippen molar-refractivity contribution in [3.8, 4) is 5.75 Å². The molecule has 5 heteroatoms. The van der Waals surface area contributed by atoms with E-state index in [-0.39, 0.29) is 12.5 Å². The van der Waals surface area contributed by atoms with Gasteiger partial charge in [0.1, 0.15) is 5.75 Å². The molecule has 0 aromatic heterocycles. The predicted octanol–water partition coefficient (Wildman–Crippen LogP) is 2.82. The van der Waals surface area contributed by atoms with Gasteiger partial charge in [0.2, 0.25) is 0 Å². The van der Waals surface area contributed by atoms with E-state index < -0.39 is 0 Å². The van der Waals surface area contributed by atoms with E-state index in [0.717, 1.165) is 48.6 Å². The first-order chi connectivity index (χ1) is 10.7. The van der Waals surface area contributed by atoms with Crippen molar-refractivity contribution in [1.82, 2.24) is 10.2 Å². The summed E-state index contributed by atoms with van der Waals surface area (Å²) in [5.74, 6) is 1.74. The number of likely N-dealkylation sites (tertiary alicyclic amines) is 1. The largest absolute Gasteiger partial charge is 0.484 e. The monoisotopic (exact) mass is 366 g/mol. The molecule has 120 valence electrons. The van der Waals surface area contributed by atoms with E-state index in [1.54, 1.807) is 0 Å². The minimum atomic E-state index is 0.0866. The van der Waals surface area contributed by atoms with Crippen LogP contribution in [0.5, 0.6) is 5.75 Å². The van der Waals surface area contributed by atoms with E-state index in [1.807, 2.05) is 29.2 Å². The van der Waals surface area contributed by atoms with Gasteiger partial charge < -0.3 is 15.0 Å². The van der Waals surface area contributed by atoms with Crippen LogP contribution in [0.3, 0.4) is 0 Å². The Hall–Kier alpha value is -1.07. The number of hydrogen-bond acceptors (Lipinski definition) is 3. The van der Waals surface area contributed by atoms with Gasteiger partial charge in [-0.2, -0.15) is 0 Å². The van der Waals surface area contributed by atoms with Crippen LogP contribution in [0.1, 0.15) is 25.7 Å². The molecule has 0 bridgehead atoms. The van der Waals surface area contributed by atoms with Crippen molar-refractivity contribution < 1.29 is 9.53 Å². The molecule has 1 amide bonds. The van der Waals surface area contributed by atoms with Crippen molar-refractivity contribution in [3.05, 3.63) is 28.7 Å². The molecule has 1 aromatic carbocycles. The molecule has 0 atom stereocenters. The summed E-state index contributed by atoms with van der Waals surface area (Å²) < 4.78 is 6.57. The average molecular weight is 367 g/mol. The van der Waals surface area contributed by atoms with Crippen LogP contribution in [0, 0.1) is 5.92 Å². The van der Waals surface area contributed by atoms with Crippen molar-refractivity contribution in [2.24, 2.45) is 5.92 Å². The summed E-state index contributed by atoms with van der Waals surface area (Å²) >= 11 is 3.38. The maximum Gasteiger partial charge on any atom is 0.260 e. The van der Waals surface area contributed by atoms with E-state index in [2.05, 4.69) is 21.2 Å². The summed E-state index contributed by atoms with van der Waals surface area (Å²) in [7, 11) is 0. The summed E-state index contributed by atoms with van der Waals surface area (Å²) in [4.78, 5) is 14.1. The number of benzene rings is 1. The lowest BCUT2D eigenvalue weighted by atomic mass is 10.0. The molecule has 1 N–H and O–H groups in total. The van der Waals surface area contributed by atoms with Crippen molar-refractivity contribution in [2.75, 3.05) is 26.2 Å². The van der Waals surface area contributed by atoms with Gasteiger partial charge in [0.05, 0.1) is 0 Å². The number of piperidine rings is 1. The Kier molecular flexibility index (Phi) is 5.37. The first kappa shape index (κ1) is 15.8. The second-order valence-corrected chi connectivity index (χ2v) is 7.16. The van der Waals surface area contributed by atoms with Gasteiger partial charge in [-0.3, -0.25) is 4.79 Å². The molecule has 1 aromatic rings. The first-order valence-corrected chi connectivity index (χ1v) is 8.89. The predicted molar refractivity (Wildman–Crippen MR) is 90.0 cm³/mol. The fourth-order valence-electron chi connectivity index (χ4n) is 2.76. The van der Waals surface area contributed by atoms with Gasteiger partial charge in [0.25, 0.3) is 5.91 Å². The maximum absolute atomic E-state index is 12.2. The highest BCUT2D eigenvalue weighted by molar-refractivity contribution is 9.10. The van der Waals surface area contributed by atoms with Crippen LogP contribution in [-0.2, 0) is 4.79 Å². The third-order valence-electron chi connectivity index (χ3n) is 4.42. The van der Waals surface area contributed by atoms with Crippen LogP contribution in [0.25, 0.3) is 0 Å². The van der Waals surface area contributed by atoms with Gasteiger partial charge in [0.15, 0.2) is 6.61 Å². The Morgan fingerprint density at radius 2 is 1.86 bits per heavy atom. The smallest absolute Gasteiger partial charge is 0.260 e. The number of rotatable bonds is 6. The summed E-state index contributed by atoms with van der Waals surface area (Å²) in [6, 6.07) is 8.14. The maximum atomic E-state index is 12.2. The van der Waals surface area contributed by atoms with E-state index in [4.69, 9.17) is 4.74 Å². The van der Waals surface area contributed by atoms with Crippen molar-refractivity contribution in [2.45, 2.75) is 31.7 Å². The number of ether oxygens (including phenoxy) is 1. The second-order valence-electron chi connectivity index (χ2n) is 6.25. The van der Waals surface area contributed by atoms with E-state index in [9.17, 15) is 4.79 Å². The summed E-state index contributed by atoms with van der Waals surface area (Å²) in [5, 5.41) is 3.63. The Morgan fingerprint density at radius 1 is 1.18 bits per heavy atom. The Labute approximate surface area is 140 Å². The molecule has 0 spiro atoms. The molecule has 3 rings (SSSR count). The van der Waals surface area contributed by atoms with Crippen LogP contribution in [-0.4, -0.2) is 43.1 Å². The lowest BCUT2D eigenvalue weighted by Gasteiger charge is -2.32. The minimum absolute atomic E-state index is 0.0866. The van der Waals surface area contributed by atoms with Crippen LogP contribution in [0.15, 0.2) is 28.7 Å². The highest BCUT2D eigenvalue weighted by Gasteiger charge is 2.26. The van der Waals surface area contributed by atoms with E-state index >= 15 is 0 Å². The number of carbonyl (C=O) groups is 1. The molecular weight excluding hydrogens is 344 g/mol. The molecule has 2 aliphatic rings. The van der Waals surface area contributed by atoms with Gasteiger partial charge >= 0.3 is 0 Å². The van der Waals surface area contributed by atoms with Gasteiger partial charge in [-0.05, 0) is 62.4 Å². The molecule has 1 aliphatic heterocycles. The number of hydrogen-bond donors (Lipinski definition) is 1. The standard InChI is InChI=1S/C17H23BrN2O2/c18-14-3-5-16(6-4-14)22-12-17(21)20-9-7-15(8-10-20)19-11-13-1-2-13/h3-6,13,15,19H,1-2,7-12H2. The average Bonchev–Trinajstić information content (AvgIpc) is 3.37. The molecule has 0 unspecified atom stereocenters. The van der Waals surface area contributed by atoms with Gasteiger partial charge in [-0.25, -0.2) is 0 Å². The fourth-order valence-corrected chi connectivity index (χ4v) is 3.02. The highest BCUT2D eigenvalue weighted by atomic mass is 79.9. The summed E-state index contributed by atoms with van der Waals surface area (Å²) in [6.07, 6.45) is 4.88. The van der Waals surface area contributed by atoms with Crippen LogP contribution < -0.4 is 10.1 Å². The quantitative estimate of drug-likeness (QED) is 0.841. The highest BCUT2D eigenvalue weighted by Crippen LogP contribution is 2.28. The molecule has 2 fully saturated rings. The summed E-state index contributed by atoms with van der Waals surface area (Å²) in [5.41, 5.74) is 0. The first-order valence-electron chi connectivity index (χ1n) is 8.10. The van der Waals surface area contributed by atoms with Crippen molar-refractivity contribution >= 4 is 21.8 Å². The molecule has 0 radical (unpaired) electrons. The molecule has 1 saturated heterocycles. The third kappa shape index (κ3) is 4.71. The molecule has 4 nitrogen and oxygen atoms in total. The summed E-state index contributed by atoms with van der Waals surface area (Å²) in [6.45, 7) is 2.96. The van der Waals surface area contributed by atoms with Crippen molar-refractivity contribution in [3.63, 3.8) is 0 Å². The topological polar surface area (TPSA) is 41.6 Å². The minimum Gasteiger partial charge on any atom is -0.484 e. The number of amides is 1. The van der Waals surface area contributed by atoms with Crippen LogP contribution in [0.2, 0.25) is 0 Å². The zero-order chi connectivity index (χ0) is 15.4. The number of carbonyl (C=O) groups excluding carboxylic acids is 1. The van der Waals surface area contributed by atoms with Crippen LogP contribution >= 0.6 is 15.9 Å². The lowest BCUT2D eigenvalue weighted by Crippen LogP contribution is -2.46. The Morgan fingerprint density at radius 3 is 2.50 bits per heavy atom.